The summed E-state index contributed by atoms with van der Waals surface area (Å²) in [7, 11) is 1.70. The number of fused-ring (bicyclic) bond motifs is 3. The van der Waals surface area contributed by atoms with Crippen molar-refractivity contribution in [1.82, 2.24) is 9.88 Å². The predicted molar refractivity (Wildman–Crippen MR) is 114 cm³/mol. The lowest BCUT2D eigenvalue weighted by Gasteiger charge is -2.36. The van der Waals surface area contributed by atoms with Crippen LogP contribution >= 0.6 is 0 Å². The quantitative estimate of drug-likeness (QED) is 0.860. The van der Waals surface area contributed by atoms with Crippen molar-refractivity contribution in [3.05, 3.63) is 42.1 Å². The average molecular weight is 393 g/mol. The van der Waals surface area contributed by atoms with Gasteiger partial charge in [0.05, 0.1) is 12.8 Å². The van der Waals surface area contributed by atoms with Crippen LogP contribution in [0.15, 0.2) is 36.5 Å². The molecule has 1 aromatic heterocycles. The molecule has 4 heterocycles. The predicted octanol–water partition coefficient (Wildman–Crippen LogP) is 2.33. The Hall–Kier alpha value is -2.80. The molecule has 2 fully saturated rings. The van der Waals surface area contributed by atoms with Gasteiger partial charge in [0.25, 0.3) is 0 Å². The van der Waals surface area contributed by atoms with Gasteiger partial charge >= 0.3 is 0 Å². The third kappa shape index (κ3) is 3.51. The van der Waals surface area contributed by atoms with Crippen molar-refractivity contribution in [1.29, 1.82) is 0 Å². The highest BCUT2D eigenvalue weighted by atomic mass is 16.5. The molecule has 0 aliphatic carbocycles. The van der Waals surface area contributed by atoms with Crippen molar-refractivity contribution >= 4 is 23.1 Å². The number of pyridine rings is 1. The topological polar surface area (TPSA) is 60.9 Å². The maximum Gasteiger partial charge on any atom is 0.247 e. The SMILES string of the molecule is COc1cccc(N2CCN(Cc3cnc4c(c3)NC(=O)[C@@H]3CCCN43)CC2)c1. The number of carbonyl (C=O) groups is 1. The highest BCUT2D eigenvalue weighted by Gasteiger charge is 2.37. The van der Waals surface area contributed by atoms with E-state index in [9.17, 15) is 4.79 Å². The fourth-order valence-corrected chi connectivity index (χ4v) is 4.65. The van der Waals surface area contributed by atoms with Gasteiger partial charge in [-0.1, -0.05) is 6.07 Å². The second-order valence-corrected chi connectivity index (χ2v) is 8.02. The van der Waals surface area contributed by atoms with E-state index in [1.165, 1.54) is 5.69 Å². The molecule has 2 saturated heterocycles. The number of hydrogen-bond donors (Lipinski definition) is 1. The molecule has 1 amide bonds. The Bertz CT molecular complexity index is 910. The number of carbonyl (C=O) groups excluding carboxylic acids is 1. The smallest absolute Gasteiger partial charge is 0.247 e. The Morgan fingerprint density at radius 2 is 2.03 bits per heavy atom. The molecule has 152 valence electrons. The molecule has 3 aliphatic heterocycles. The lowest BCUT2D eigenvalue weighted by Crippen LogP contribution is -2.46. The number of methoxy groups -OCH3 is 1. The van der Waals surface area contributed by atoms with Gasteiger partial charge in [-0.3, -0.25) is 9.69 Å². The lowest BCUT2D eigenvalue weighted by atomic mass is 10.1. The van der Waals surface area contributed by atoms with E-state index in [4.69, 9.17) is 9.72 Å². The Morgan fingerprint density at radius 3 is 2.86 bits per heavy atom. The maximum atomic E-state index is 12.4. The second kappa shape index (κ2) is 7.55. The molecule has 0 radical (unpaired) electrons. The van der Waals surface area contributed by atoms with Gasteiger partial charge in [0.1, 0.15) is 11.8 Å². The number of aromatic nitrogens is 1. The molecule has 1 N–H and O–H groups in total. The molecule has 7 nitrogen and oxygen atoms in total. The Labute approximate surface area is 171 Å². The van der Waals surface area contributed by atoms with Crippen LogP contribution in [0, 0.1) is 0 Å². The van der Waals surface area contributed by atoms with E-state index in [0.29, 0.717) is 0 Å². The third-order valence-electron chi connectivity index (χ3n) is 6.21. The van der Waals surface area contributed by atoms with E-state index >= 15 is 0 Å². The van der Waals surface area contributed by atoms with Crippen LogP contribution in [0.2, 0.25) is 0 Å². The van der Waals surface area contributed by atoms with Gasteiger partial charge in [-0.25, -0.2) is 4.98 Å². The van der Waals surface area contributed by atoms with Crippen LogP contribution in [0.3, 0.4) is 0 Å². The first-order valence-electron chi connectivity index (χ1n) is 10.4. The summed E-state index contributed by atoms with van der Waals surface area (Å²) in [6.45, 7) is 5.73. The summed E-state index contributed by atoms with van der Waals surface area (Å²) in [4.78, 5) is 24.1. The molecule has 7 heteroatoms. The number of hydrogen-bond acceptors (Lipinski definition) is 6. The van der Waals surface area contributed by atoms with Crippen molar-refractivity contribution in [2.75, 3.05) is 55.0 Å². The van der Waals surface area contributed by atoms with Crippen LogP contribution in [0.5, 0.6) is 5.75 Å². The molecule has 0 bridgehead atoms. The lowest BCUT2D eigenvalue weighted by molar-refractivity contribution is -0.117. The highest BCUT2D eigenvalue weighted by molar-refractivity contribution is 6.03. The van der Waals surface area contributed by atoms with E-state index in [1.807, 2.05) is 18.3 Å². The molecule has 5 rings (SSSR count). The summed E-state index contributed by atoms with van der Waals surface area (Å²) in [5.41, 5.74) is 3.22. The number of amides is 1. The van der Waals surface area contributed by atoms with Crippen molar-refractivity contribution in [3.8, 4) is 5.75 Å². The number of nitrogens with one attached hydrogen (secondary N) is 1. The molecule has 1 atom stereocenters. The van der Waals surface area contributed by atoms with E-state index in [1.54, 1.807) is 7.11 Å². The standard InChI is InChI=1S/C22H27N5O2/c1-29-18-5-2-4-17(13-18)26-10-8-25(9-11-26)15-16-12-19-21(23-14-16)27-7-3-6-20(27)22(28)24-19/h2,4-5,12-14,20H,3,6-11,15H2,1H3,(H,24,28)/t20-/m0/s1. The minimum atomic E-state index is -0.0365. The first-order chi connectivity index (χ1) is 14.2. The number of nitrogens with zero attached hydrogens (tertiary/aromatic N) is 4. The summed E-state index contributed by atoms with van der Waals surface area (Å²) in [6, 6.07) is 10.3. The summed E-state index contributed by atoms with van der Waals surface area (Å²) in [5.74, 6) is 1.94. The minimum Gasteiger partial charge on any atom is -0.497 e. The number of rotatable bonds is 4. The second-order valence-electron chi connectivity index (χ2n) is 8.02. The van der Waals surface area contributed by atoms with Crippen molar-refractivity contribution in [2.45, 2.75) is 25.4 Å². The monoisotopic (exact) mass is 393 g/mol. The number of piperazine rings is 1. The van der Waals surface area contributed by atoms with Crippen LogP contribution in [-0.2, 0) is 11.3 Å². The van der Waals surface area contributed by atoms with E-state index < -0.39 is 0 Å². The largest absolute Gasteiger partial charge is 0.497 e. The van der Waals surface area contributed by atoms with Crippen LogP contribution in [0.25, 0.3) is 0 Å². The summed E-state index contributed by atoms with van der Waals surface area (Å²) in [5, 5.41) is 3.07. The van der Waals surface area contributed by atoms with Gasteiger partial charge < -0.3 is 19.9 Å². The van der Waals surface area contributed by atoms with Crippen LogP contribution in [0.1, 0.15) is 18.4 Å². The Kier molecular flexibility index (Phi) is 4.75. The van der Waals surface area contributed by atoms with Gasteiger partial charge in [-0.15, -0.1) is 0 Å². The molecule has 3 aliphatic rings. The average Bonchev–Trinajstić information content (AvgIpc) is 3.25. The van der Waals surface area contributed by atoms with E-state index in [-0.39, 0.29) is 11.9 Å². The minimum absolute atomic E-state index is 0.0365. The van der Waals surface area contributed by atoms with E-state index in [0.717, 1.165) is 74.9 Å². The van der Waals surface area contributed by atoms with Crippen molar-refractivity contribution < 1.29 is 9.53 Å². The van der Waals surface area contributed by atoms with Gasteiger partial charge in [0.15, 0.2) is 5.82 Å². The zero-order valence-electron chi connectivity index (χ0n) is 16.8. The molecule has 29 heavy (non-hydrogen) atoms. The molecular weight excluding hydrogens is 366 g/mol. The van der Waals surface area contributed by atoms with E-state index in [2.05, 4.69) is 38.2 Å². The summed E-state index contributed by atoms with van der Waals surface area (Å²) < 4.78 is 5.35. The Morgan fingerprint density at radius 1 is 1.17 bits per heavy atom. The highest BCUT2D eigenvalue weighted by Crippen LogP contribution is 2.35. The first kappa shape index (κ1) is 18.2. The Balaban J connectivity index is 1.23. The third-order valence-corrected chi connectivity index (χ3v) is 6.21. The number of anilines is 3. The zero-order valence-corrected chi connectivity index (χ0v) is 16.8. The molecular formula is C22H27N5O2. The number of ether oxygens (including phenoxy) is 1. The molecule has 0 saturated carbocycles. The maximum absolute atomic E-state index is 12.4. The molecule has 0 unspecified atom stereocenters. The molecule has 1 aromatic carbocycles. The molecule has 2 aromatic rings. The van der Waals surface area contributed by atoms with Crippen molar-refractivity contribution in [2.24, 2.45) is 0 Å². The zero-order chi connectivity index (χ0) is 19.8. The van der Waals surface area contributed by atoms with Crippen LogP contribution in [0.4, 0.5) is 17.2 Å². The van der Waals surface area contributed by atoms with Gasteiger partial charge in [0, 0.05) is 57.2 Å². The number of benzene rings is 1. The first-order valence-corrected chi connectivity index (χ1v) is 10.4. The van der Waals surface area contributed by atoms with Gasteiger partial charge in [-0.05, 0) is 36.6 Å². The van der Waals surface area contributed by atoms with Gasteiger partial charge in [0.2, 0.25) is 5.91 Å². The van der Waals surface area contributed by atoms with Gasteiger partial charge in [-0.2, -0.15) is 0 Å². The normalized spacial score (nSPS) is 21.6. The van der Waals surface area contributed by atoms with Crippen LogP contribution < -0.4 is 19.9 Å². The summed E-state index contributed by atoms with van der Waals surface area (Å²) >= 11 is 0. The molecule has 0 spiro atoms. The fourth-order valence-electron chi connectivity index (χ4n) is 4.65. The fraction of sp³-hybridized carbons (Fsp3) is 0.455. The van der Waals surface area contributed by atoms with Crippen LogP contribution in [-0.4, -0.2) is 61.7 Å². The van der Waals surface area contributed by atoms with Crippen molar-refractivity contribution in [3.63, 3.8) is 0 Å². The summed E-state index contributed by atoms with van der Waals surface area (Å²) in [6.07, 6.45) is 3.95.